The Balaban J connectivity index is 1.62. The second kappa shape index (κ2) is 7.37. The fourth-order valence-electron chi connectivity index (χ4n) is 3.79. The van der Waals surface area contributed by atoms with Crippen LogP contribution in [0.4, 0.5) is 0 Å². The van der Waals surface area contributed by atoms with Crippen molar-refractivity contribution < 1.29 is 14.8 Å². The van der Waals surface area contributed by atoms with Crippen molar-refractivity contribution in [3.05, 3.63) is 90.9 Å². The van der Waals surface area contributed by atoms with Crippen molar-refractivity contribution >= 4 is 23.4 Å². The Labute approximate surface area is 190 Å². The lowest BCUT2D eigenvalue weighted by Gasteiger charge is -2.32. The van der Waals surface area contributed by atoms with Crippen molar-refractivity contribution in [1.82, 2.24) is 0 Å². The summed E-state index contributed by atoms with van der Waals surface area (Å²) in [7, 11) is -0.947. The van der Waals surface area contributed by atoms with Crippen LogP contribution in [-0.4, -0.2) is 18.3 Å². The SMILES string of the molecule is [2H]c1c([2H])c(B2OC(C)(C)C(C)(C)O2)c([2H])c(-c2ccc3cc(-c4ccccc4)ccc3c2)c1[2H]. The molecule has 0 atom stereocenters. The summed E-state index contributed by atoms with van der Waals surface area (Å²) in [6, 6.07) is 21.6. The molecule has 1 saturated heterocycles. The highest BCUT2D eigenvalue weighted by Gasteiger charge is 2.51. The lowest BCUT2D eigenvalue weighted by molar-refractivity contribution is 0.00578. The summed E-state index contributed by atoms with van der Waals surface area (Å²) >= 11 is 0. The van der Waals surface area contributed by atoms with Crippen LogP contribution in [0.2, 0.25) is 0 Å². The van der Waals surface area contributed by atoms with Crippen molar-refractivity contribution in [3.63, 3.8) is 0 Å². The Bertz CT molecular complexity index is 1440. The van der Waals surface area contributed by atoms with Crippen LogP contribution in [0, 0.1) is 0 Å². The fraction of sp³-hybridized carbons (Fsp3) is 0.214. The van der Waals surface area contributed by atoms with E-state index < -0.39 is 18.3 Å². The Kier molecular flexibility index (Phi) is 3.77. The molecule has 4 aromatic carbocycles. The predicted octanol–water partition coefficient (Wildman–Crippen LogP) is 6.47. The molecule has 4 aromatic rings. The largest absolute Gasteiger partial charge is 0.494 e. The van der Waals surface area contributed by atoms with Crippen LogP contribution >= 0.6 is 0 Å². The molecule has 0 radical (unpaired) electrons. The molecule has 1 fully saturated rings. The first-order valence-electron chi connectivity index (χ1n) is 12.6. The molecule has 1 aliphatic rings. The van der Waals surface area contributed by atoms with Crippen LogP contribution in [0.5, 0.6) is 0 Å². The van der Waals surface area contributed by atoms with Crippen molar-refractivity contribution in [3.8, 4) is 22.3 Å². The zero-order chi connectivity index (χ0) is 25.1. The van der Waals surface area contributed by atoms with Gasteiger partial charge in [0, 0.05) is 0 Å². The van der Waals surface area contributed by atoms with Crippen LogP contribution in [0.1, 0.15) is 33.2 Å². The Morgan fingerprint density at radius 3 is 1.87 bits per heavy atom. The molecular weight excluding hydrogens is 379 g/mol. The third-order valence-electron chi connectivity index (χ3n) is 6.37. The van der Waals surface area contributed by atoms with Crippen LogP contribution in [-0.2, 0) is 9.31 Å². The quantitative estimate of drug-likeness (QED) is 0.360. The van der Waals surface area contributed by atoms with Crippen LogP contribution in [0.3, 0.4) is 0 Å². The average molecular weight is 410 g/mol. The second-order valence-corrected chi connectivity index (χ2v) is 9.02. The first-order valence-corrected chi connectivity index (χ1v) is 10.6. The third-order valence-corrected chi connectivity index (χ3v) is 6.37. The molecule has 0 spiro atoms. The van der Waals surface area contributed by atoms with Gasteiger partial charge in [-0.25, -0.2) is 0 Å². The molecule has 0 saturated carbocycles. The number of rotatable bonds is 3. The van der Waals surface area contributed by atoms with Crippen LogP contribution < -0.4 is 5.46 Å². The molecule has 154 valence electrons. The van der Waals surface area contributed by atoms with E-state index in [1.54, 1.807) is 0 Å². The maximum atomic E-state index is 8.96. The molecule has 2 nitrogen and oxygen atoms in total. The normalized spacial score (nSPS) is 19.0. The van der Waals surface area contributed by atoms with Crippen molar-refractivity contribution in [2.45, 2.75) is 38.9 Å². The summed E-state index contributed by atoms with van der Waals surface area (Å²) in [5.74, 6) is 0. The van der Waals surface area contributed by atoms with Gasteiger partial charge in [0.15, 0.2) is 0 Å². The molecule has 0 unspecified atom stereocenters. The number of benzene rings is 4. The lowest BCUT2D eigenvalue weighted by atomic mass is 9.78. The molecule has 3 heteroatoms. The van der Waals surface area contributed by atoms with E-state index in [0.29, 0.717) is 11.1 Å². The van der Waals surface area contributed by atoms with Gasteiger partial charge in [0.05, 0.1) is 16.7 Å². The van der Waals surface area contributed by atoms with Crippen molar-refractivity contribution in [2.75, 3.05) is 0 Å². The molecular formula is C28H27BO2. The minimum Gasteiger partial charge on any atom is -0.399 e. The van der Waals surface area contributed by atoms with E-state index in [-0.39, 0.29) is 29.6 Å². The molecule has 0 aliphatic carbocycles. The first-order chi connectivity index (χ1) is 16.5. The maximum Gasteiger partial charge on any atom is 0.494 e. The van der Waals surface area contributed by atoms with E-state index in [1.165, 1.54) is 0 Å². The van der Waals surface area contributed by atoms with Gasteiger partial charge in [-0.15, -0.1) is 0 Å². The van der Waals surface area contributed by atoms with E-state index in [1.807, 2.05) is 70.2 Å². The van der Waals surface area contributed by atoms with Gasteiger partial charge in [0.25, 0.3) is 0 Å². The lowest BCUT2D eigenvalue weighted by Crippen LogP contribution is -2.41. The van der Waals surface area contributed by atoms with Gasteiger partial charge in [-0.1, -0.05) is 78.8 Å². The predicted molar refractivity (Wildman–Crippen MR) is 131 cm³/mol. The van der Waals surface area contributed by atoms with Gasteiger partial charge in [-0.3, -0.25) is 0 Å². The average Bonchev–Trinajstić information content (AvgIpc) is 3.04. The smallest absolute Gasteiger partial charge is 0.399 e. The highest BCUT2D eigenvalue weighted by molar-refractivity contribution is 6.62. The molecule has 0 N–H and O–H groups in total. The van der Waals surface area contributed by atoms with Gasteiger partial charge in [0.1, 0.15) is 0 Å². The van der Waals surface area contributed by atoms with Crippen molar-refractivity contribution in [2.24, 2.45) is 0 Å². The first kappa shape index (κ1) is 15.9. The minimum absolute atomic E-state index is 0.00486. The van der Waals surface area contributed by atoms with Crippen LogP contribution in [0.25, 0.3) is 33.0 Å². The Morgan fingerprint density at radius 2 is 1.26 bits per heavy atom. The summed E-state index contributed by atoms with van der Waals surface area (Å²) in [6.07, 6.45) is 0. The molecule has 0 aromatic heterocycles. The van der Waals surface area contributed by atoms with E-state index in [9.17, 15) is 0 Å². The second-order valence-electron chi connectivity index (χ2n) is 9.02. The highest BCUT2D eigenvalue weighted by atomic mass is 16.7. The van der Waals surface area contributed by atoms with Crippen molar-refractivity contribution in [1.29, 1.82) is 0 Å². The molecule has 0 amide bonds. The van der Waals surface area contributed by atoms with Crippen LogP contribution in [0.15, 0.2) is 90.9 Å². The topological polar surface area (TPSA) is 18.5 Å². The zero-order valence-corrected chi connectivity index (χ0v) is 18.2. The van der Waals surface area contributed by atoms with E-state index in [2.05, 4.69) is 24.3 Å². The Hall–Kier alpha value is -2.88. The fourth-order valence-corrected chi connectivity index (χ4v) is 3.79. The third kappa shape index (κ3) is 3.69. The van der Waals surface area contributed by atoms with E-state index >= 15 is 0 Å². The maximum absolute atomic E-state index is 8.96. The minimum atomic E-state index is -0.947. The summed E-state index contributed by atoms with van der Waals surface area (Å²) < 4.78 is 46.7. The summed E-state index contributed by atoms with van der Waals surface area (Å²) in [5.41, 5.74) is 2.13. The summed E-state index contributed by atoms with van der Waals surface area (Å²) in [4.78, 5) is 0. The number of hydrogen-bond acceptors (Lipinski definition) is 2. The van der Waals surface area contributed by atoms with Gasteiger partial charge < -0.3 is 9.31 Å². The van der Waals surface area contributed by atoms with E-state index in [4.69, 9.17) is 14.8 Å². The molecule has 31 heavy (non-hydrogen) atoms. The molecule has 1 heterocycles. The van der Waals surface area contributed by atoms with Gasteiger partial charge >= 0.3 is 7.12 Å². The number of fused-ring (bicyclic) bond motifs is 1. The molecule has 0 bridgehead atoms. The van der Waals surface area contributed by atoms with E-state index in [0.717, 1.165) is 21.9 Å². The molecule has 1 aliphatic heterocycles. The summed E-state index contributed by atoms with van der Waals surface area (Å²) in [6.45, 7) is 7.65. The Morgan fingerprint density at radius 1 is 0.677 bits per heavy atom. The monoisotopic (exact) mass is 410 g/mol. The number of hydrogen-bond donors (Lipinski definition) is 0. The van der Waals surface area contributed by atoms with Gasteiger partial charge in [-0.05, 0) is 78.3 Å². The molecule has 5 rings (SSSR count). The van der Waals surface area contributed by atoms with Gasteiger partial charge in [0.2, 0.25) is 0 Å². The summed E-state index contributed by atoms with van der Waals surface area (Å²) in [5, 5.41) is 2.02. The van der Waals surface area contributed by atoms with Gasteiger partial charge in [-0.2, -0.15) is 0 Å². The zero-order valence-electron chi connectivity index (χ0n) is 22.2. The highest BCUT2D eigenvalue weighted by Crippen LogP contribution is 2.37. The standard InChI is InChI=1S/C28H27BO2/c1-27(2)28(3,4)31-29(30-27)26-12-8-11-21(19-26)23-15-16-24-17-22(13-14-25(24)18-23)20-9-6-5-7-10-20/h5-19H,1-4H3/i8D,11D,12D,19D.